The Balaban J connectivity index is 2.05. The van der Waals surface area contributed by atoms with Crippen molar-refractivity contribution in [3.8, 4) is 0 Å². The van der Waals surface area contributed by atoms with Gasteiger partial charge in [-0.15, -0.1) is 0 Å². The molecule has 1 aliphatic rings. The zero-order valence-corrected chi connectivity index (χ0v) is 13.3. The third kappa shape index (κ3) is 3.60. The van der Waals surface area contributed by atoms with Crippen molar-refractivity contribution in [1.29, 1.82) is 0 Å². The van der Waals surface area contributed by atoms with Gasteiger partial charge in [-0.2, -0.15) is 5.10 Å². The first-order valence-electron chi connectivity index (χ1n) is 8.15. The van der Waals surface area contributed by atoms with Gasteiger partial charge in [-0.3, -0.25) is 0 Å². The van der Waals surface area contributed by atoms with Crippen molar-refractivity contribution in [3.63, 3.8) is 0 Å². The predicted octanol–water partition coefficient (Wildman–Crippen LogP) is 3.02. The summed E-state index contributed by atoms with van der Waals surface area (Å²) in [7, 11) is 0. The Morgan fingerprint density at radius 2 is 2.10 bits per heavy atom. The molecular weight excluding hydrogens is 248 g/mol. The normalized spacial score (nSPS) is 27.1. The van der Waals surface area contributed by atoms with Crippen molar-refractivity contribution < 1.29 is 0 Å². The van der Waals surface area contributed by atoms with E-state index in [1.54, 1.807) is 6.33 Å². The van der Waals surface area contributed by atoms with Crippen LogP contribution in [0.3, 0.4) is 0 Å². The van der Waals surface area contributed by atoms with Crippen molar-refractivity contribution in [2.75, 3.05) is 6.54 Å². The van der Waals surface area contributed by atoms with E-state index in [4.69, 9.17) is 5.73 Å². The quantitative estimate of drug-likeness (QED) is 0.870. The lowest BCUT2D eigenvalue weighted by atomic mass is 9.68. The van der Waals surface area contributed by atoms with Gasteiger partial charge in [-0.1, -0.05) is 27.2 Å². The molecule has 0 atom stereocenters. The van der Waals surface area contributed by atoms with E-state index in [-0.39, 0.29) is 5.41 Å². The highest BCUT2D eigenvalue weighted by Gasteiger charge is 2.35. The molecule has 0 radical (unpaired) electrons. The number of nitrogens with two attached hydrogens (primary N) is 1. The van der Waals surface area contributed by atoms with Crippen LogP contribution in [0.25, 0.3) is 0 Å². The fourth-order valence-electron chi connectivity index (χ4n) is 3.41. The van der Waals surface area contributed by atoms with Gasteiger partial charge in [0.1, 0.15) is 12.2 Å². The van der Waals surface area contributed by atoms with Crippen molar-refractivity contribution in [2.45, 2.75) is 65.8 Å². The maximum Gasteiger partial charge on any atom is 0.138 e. The van der Waals surface area contributed by atoms with Gasteiger partial charge in [0, 0.05) is 13.0 Å². The summed E-state index contributed by atoms with van der Waals surface area (Å²) in [4.78, 5) is 4.49. The minimum atomic E-state index is 0.257. The maximum atomic E-state index is 6.14. The molecule has 1 aromatic heterocycles. The van der Waals surface area contributed by atoms with E-state index < -0.39 is 0 Å². The average molecular weight is 278 g/mol. The second-order valence-corrected chi connectivity index (χ2v) is 6.98. The molecule has 0 aliphatic heterocycles. The molecular formula is C16H30N4. The number of nitrogens with zero attached hydrogens (tertiary/aromatic N) is 3. The van der Waals surface area contributed by atoms with Crippen LogP contribution in [0.15, 0.2) is 6.33 Å². The fraction of sp³-hybridized carbons (Fsp3) is 0.875. The number of aromatic nitrogens is 3. The van der Waals surface area contributed by atoms with Gasteiger partial charge >= 0.3 is 0 Å². The third-order valence-electron chi connectivity index (χ3n) is 4.94. The highest BCUT2D eigenvalue weighted by Crippen LogP contribution is 2.41. The molecule has 0 spiro atoms. The number of rotatable bonds is 6. The second-order valence-electron chi connectivity index (χ2n) is 6.98. The van der Waals surface area contributed by atoms with Crippen LogP contribution in [0.2, 0.25) is 0 Å². The van der Waals surface area contributed by atoms with Crippen LogP contribution in [0.1, 0.15) is 58.7 Å². The van der Waals surface area contributed by atoms with Crippen LogP contribution >= 0.6 is 0 Å². The van der Waals surface area contributed by atoms with Gasteiger partial charge in [-0.25, -0.2) is 9.67 Å². The number of hydrogen-bond donors (Lipinski definition) is 1. The molecule has 1 saturated carbocycles. The van der Waals surface area contributed by atoms with Gasteiger partial charge in [0.2, 0.25) is 0 Å². The maximum absolute atomic E-state index is 6.14. The summed E-state index contributed by atoms with van der Waals surface area (Å²) >= 11 is 0. The molecule has 0 saturated heterocycles. The minimum absolute atomic E-state index is 0.257. The SMILES string of the molecule is CCC1CCC(CN)(Cc2ncnn2CC(C)C)CC1. The minimum Gasteiger partial charge on any atom is -0.330 e. The van der Waals surface area contributed by atoms with Gasteiger partial charge in [0.05, 0.1) is 0 Å². The molecule has 1 heterocycles. The summed E-state index contributed by atoms with van der Waals surface area (Å²) < 4.78 is 2.08. The number of hydrogen-bond acceptors (Lipinski definition) is 3. The molecule has 1 aliphatic carbocycles. The molecule has 1 fully saturated rings. The summed E-state index contributed by atoms with van der Waals surface area (Å²) in [5.74, 6) is 2.63. The Morgan fingerprint density at radius 3 is 2.65 bits per heavy atom. The Hall–Kier alpha value is -0.900. The molecule has 114 valence electrons. The Morgan fingerprint density at radius 1 is 1.40 bits per heavy atom. The van der Waals surface area contributed by atoms with Gasteiger partial charge < -0.3 is 5.73 Å². The molecule has 0 amide bonds. The molecule has 20 heavy (non-hydrogen) atoms. The zero-order chi connectivity index (χ0) is 14.6. The van der Waals surface area contributed by atoms with Crippen LogP contribution in [0, 0.1) is 17.3 Å². The largest absolute Gasteiger partial charge is 0.330 e. The van der Waals surface area contributed by atoms with Crippen LogP contribution in [-0.2, 0) is 13.0 Å². The molecule has 0 bridgehead atoms. The van der Waals surface area contributed by atoms with E-state index in [0.29, 0.717) is 5.92 Å². The molecule has 0 aromatic carbocycles. The van der Waals surface area contributed by atoms with E-state index in [0.717, 1.165) is 31.3 Å². The first kappa shape index (κ1) is 15.5. The molecule has 2 N–H and O–H groups in total. The predicted molar refractivity (Wildman–Crippen MR) is 82.3 cm³/mol. The molecule has 2 rings (SSSR count). The van der Waals surface area contributed by atoms with Gasteiger partial charge in [0.25, 0.3) is 0 Å². The topological polar surface area (TPSA) is 56.7 Å². The molecule has 4 nitrogen and oxygen atoms in total. The Labute approximate surface area is 123 Å². The van der Waals surface area contributed by atoms with Gasteiger partial charge in [-0.05, 0) is 49.5 Å². The van der Waals surface area contributed by atoms with Crippen molar-refractivity contribution in [3.05, 3.63) is 12.2 Å². The van der Waals surface area contributed by atoms with Crippen molar-refractivity contribution in [1.82, 2.24) is 14.8 Å². The summed E-state index contributed by atoms with van der Waals surface area (Å²) in [6.07, 6.45) is 9.14. The van der Waals surface area contributed by atoms with Crippen LogP contribution in [-0.4, -0.2) is 21.3 Å². The van der Waals surface area contributed by atoms with Gasteiger partial charge in [0.15, 0.2) is 0 Å². The second kappa shape index (κ2) is 6.70. The van der Waals surface area contributed by atoms with E-state index in [1.165, 1.54) is 32.1 Å². The van der Waals surface area contributed by atoms with Crippen molar-refractivity contribution in [2.24, 2.45) is 23.0 Å². The van der Waals surface area contributed by atoms with Crippen LogP contribution < -0.4 is 5.73 Å². The molecule has 1 aromatic rings. The van der Waals surface area contributed by atoms with E-state index in [1.807, 2.05) is 0 Å². The lowest BCUT2D eigenvalue weighted by Crippen LogP contribution is -2.37. The zero-order valence-electron chi connectivity index (χ0n) is 13.3. The first-order valence-corrected chi connectivity index (χ1v) is 8.15. The monoisotopic (exact) mass is 278 g/mol. The highest BCUT2D eigenvalue weighted by molar-refractivity contribution is 4.97. The van der Waals surface area contributed by atoms with E-state index >= 15 is 0 Å². The molecule has 4 heteroatoms. The summed E-state index contributed by atoms with van der Waals surface area (Å²) in [5, 5.41) is 4.38. The average Bonchev–Trinajstić information content (AvgIpc) is 2.86. The Bertz CT molecular complexity index is 402. The molecule has 0 unspecified atom stereocenters. The smallest absolute Gasteiger partial charge is 0.138 e. The first-order chi connectivity index (χ1) is 9.58. The highest BCUT2D eigenvalue weighted by atomic mass is 15.3. The summed E-state index contributed by atoms with van der Waals surface area (Å²) in [5.41, 5.74) is 6.39. The standard InChI is InChI=1S/C16H30N4/c1-4-14-5-7-16(11-17,8-6-14)9-15-18-12-19-20(15)10-13(2)3/h12-14H,4-11,17H2,1-3H3. The summed E-state index contributed by atoms with van der Waals surface area (Å²) in [6.45, 7) is 8.47. The Kier molecular flexibility index (Phi) is 5.19. The van der Waals surface area contributed by atoms with E-state index in [9.17, 15) is 0 Å². The van der Waals surface area contributed by atoms with Crippen molar-refractivity contribution >= 4 is 0 Å². The lowest BCUT2D eigenvalue weighted by molar-refractivity contribution is 0.149. The summed E-state index contributed by atoms with van der Waals surface area (Å²) in [6, 6.07) is 0. The van der Waals surface area contributed by atoms with E-state index in [2.05, 4.69) is 35.5 Å². The third-order valence-corrected chi connectivity index (χ3v) is 4.94. The van der Waals surface area contributed by atoms with Crippen LogP contribution in [0.5, 0.6) is 0 Å². The fourth-order valence-corrected chi connectivity index (χ4v) is 3.41. The van der Waals surface area contributed by atoms with Crippen LogP contribution in [0.4, 0.5) is 0 Å². The lowest BCUT2D eigenvalue weighted by Gasteiger charge is -2.39.